The molecule has 2 fully saturated rings. The van der Waals surface area contributed by atoms with Crippen LogP contribution in [0.3, 0.4) is 0 Å². The minimum absolute atomic E-state index is 0.167. The third kappa shape index (κ3) is 3.74. The highest BCUT2D eigenvalue weighted by atomic mass is 16.5. The molecule has 2 aliphatic rings. The maximum atomic E-state index is 6.28. The minimum atomic E-state index is 0.167. The van der Waals surface area contributed by atoms with E-state index in [0.717, 1.165) is 19.1 Å². The van der Waals surface area contributed by atoms with Crippen LogP contribution < -0.4 is 5.32 Å². The zero-order chi connectivity index (χ0) is 11.3. The van der Waals surface area contributed by atoms with Crippen molar-refractivity contribution in [3.63, 3.8) is 0 Å². The molecule has 16 heavy (non-hydrogen) atoms. The van der Waals surface area contributed by atoms with E-state index in [4.69, 9.17) is 4.74 Å². The van der Waals surface area contributed by atoms with E-state index in [9.17, 15) is 0 Å². The van der Waals surface area contributed by atoms with Crippen molar-refractivity contribution in [2.75, 3.05) is 20.2 Å². The minimum Gasteiger partial charge on any atom is -0.374 e. The van der Waals surface area contributed by atoms with Gasteiger partial charge in [0.05, 0.1) is 5.60 Å². The van der Waals surface area contributed by atoms with Gasteiger partial charge in [-0.15, -0.1) is 0 Å². The highest BCUT2D eigenvalue weighted by Gasteiger charge is 2.31. The van der Waals surface area contributed by atoms with Gasteiger partial charge in [-0.05, 0) is 32.2 Å². The Bertz CT molecular complexity index is 193. The van der Waals surface area contributed by atoms with Crippen LogP contribution >= 0.6 is 0 Å². The van der Waals surface area contributed by atoms with Crippen LogP contribution in [-0.2, 0) is 4.74 Å². The van der Waals surface area contributed by atoms with E-state index < -0.39 is 0 Å². The number of rotatable bonds is 6. The molecular formula is C14H27NO. The smallest absolute Gasteiger partial charge is 0.0806 e. The number of nitrogens with one attached hydrogen (secondary N) is 1. The summed E-state index contributed by atoms with van der Waals surface area (Å²) < 4.78 is 6.28. The average Bonchev–Trinajstić information content (AvgIpc) is 3.07. The maximum absolute atomic E-state index is 6.28. The number of hydrogen-bond donors (Lipinski definition) is 1. The summed E-state index contributed by atoms with van der Waals surface area (Å²) in [4.78, 5) is 0. The molecule has 0 heterocycles. The van der Waals surface area contributed by atoms with Crippen LogP contribution in [0.5, 0.6) is 0 Å². The van der Waals surface area contributed by atoms with E-state index in [-0.39, 0.29) is 5.60 Å². The largest absolute Gasteiger partial charge is 0.374 e. The number of ether oxygens (including phenoxy) is 1. The van der Waals surface area contributed by atoms with E-state index in [0.29, 0.717) is 0 Å². The van der Waals surface area contributed by atoms with Gasteiger partial charge < -0.3 is 10.1 Å². The van der Waals surface area contributed by atoms with Crippen LogP contribution in [0, 0.1) is 5.92 Å². The summed E-state index contributed by atoms with van der Waals surface area (Å²) in [5, 5.41) is 3.33. The van der Waals surface area contributed by atoms with E-state index >= 15 is 0 Å². The van der Waals surface area contributed by atoms with Crippen molar-refractivity contribution in [1.82, 2.24) is 5.32 Å². The molecule has 2 rings (SSSR count). The molecule has 0 amide bonds. The van der Waals surface area contributed by atoms with Crippen molar-refractivity contribution >= 4 is 0 Å². The highest BCUT2D eigenvalue weighted by molar-refractivity contribution is 4.85. The molecule has 0 saturated heterocycles. The second kappa shape index (κ2) is 6.02. The predicted molar refractivity (Wildman–Crippen MR) is 67.7 cm³/mol. The van der Waals surface area contributed by atoms with E-state index in [1.165, 1.54) is 57.8 Å². The van der Waals surface area contributed by atoms with E-state index in [2.05, 4.69) is 12.4 Å². The topological polar surface area (TPSA) is 21.3 Å². The first-order valence-corrected chi connectivity index (χ1v) is 7.13. The Morgan fingerprint density at radius 2 is 1.81 bits per heavy atom. The summed E-state index contributed by atoms with van der Waals surface area (Å²) in [5.41, 5.74) is 0.167. The first kappa shape index (κ1) is 12.4. The molecule has 0 aliphatic heterocycles. The predicted octanol–water partition coefficient (Wildman–Crippen LogP) is 3.12. The molecular weight excluding hydrogens is 198 g/mol. The van der Waals surface area contributed by atoms with Gasteiger partial charge >= 0.3 is 0 Å². The summed E-state index contributed by atoms with van der Waals surface area (Å²) in [6.07, 6.45) is 12.2. The van der Waals surface area contributed by atoms with Crippen LogP contribution in [0.1, 0.15) is 57.8 Å². The lowest BCUT2D eigenvalue weighted by Gasteiger charge is -2.33. The van der Waals surface area contributed by atoms with Gasteiger partial charge in [0.15, 0.2) is 0 Å². The Kier molecular flexibility index (Phi) is 4.66. The Labute approximate surface area is 100 Å². The van der Waals surface area contributed by atoms with Gasteiger partial charge in [-0.1, -0.05) is 38.5 Å². The first-order valence-electron chi connectivity index (χ1n) is 7.13. The van der Waals surface area contributed by atoms with Crippen molar-refractivity contribution in [2.24, 2.45) is 5.92 Å². The quantitative estimate of drug-likeness (QED) is 0.701. The number of hydrogen-bond acceptors (Lipinski definition) is 2. The fraction of sp³-hybridized carbons (Fsp3) is 1.00. The third-order valence-corrected chi connectivity index (χ3v) is 4.15. The standard InChI is InChI=1S/C14H27NO/c1-15-12-14(9-4-2-3-5-10-14)16-11-8-13-6-7-13/h13,15H,2-12H2,1H3. The lowest BCUT2D eigenvalue weighted by atomic mass is 9.94. The zero-order valence-electron chi connectivity index (χ0n) is 10.8. The molecule has 2 nitrogen and oxygen atoms in total. The van der Waals surface area contributed by atoms with Crippen LogP contribution in [0.15, 0.2) is 0 Å². The van der Waals surface area contributed by atoms with E-state index in [1.807, 2.05) is 0 Å². The highest BCUT2D eigenvalue weighted by Crippen LogP contribution is 2.34. The summed E-state index contributed by atoms with van der Waals surface area (Å²) in [6.45, 7) is 2.03. The SMILES string of the molecule is CNCC1(OCCC2CC2)CCCCCC1. The average molecular weight is 225 g/mol. The lowest BCUT2D eigenvalue weighted by molar-refractivity contribution is -0.0559. The molecule has 0 unspecified atom stereocenters. The van der Waals surface area contributed by atoms with Crippen LogP contribution in [-0.4, -0.2) is 25.8 Å². The lowest BCUT2D eigenvalue weighted by Crippen LogP contribution is -2.42. The zero-order valence-corrected chi connectivity index (χ0v) is 10.8. The second-order valence-corrected chi connectivity index (χ2v) is 5.71. The third-order valence-electron chi connectivity index (χ3n) is 4.15. The van der Waals surface area contributed by atoms with Crippen LogP contribution in [0.2, 0.25) is 0 Å². The summed E-state index contributed by atoms with van der Waals surface area (Å²) in [5.74, 6) is 0.998. The normalized spacial score (nSPS) is 25.3. The molecule has 0 spiro atoms. The molecule has 2 saturated carbocycles. The molecule has 0 aromatic carbocycles. The van der Waals surface area contributed by atoms with Gasteiger partial charge in [-0.25, -0.2) is 0 Å². The van der Waals surface area contributed by atoms with E-state index in [1.54, 1.807) is 0 Å². The molecule has 2 aliphatic carbocycles. The fourth-order valence-corrected chi connectivity index (χ4v) is 2.92. The molecule has 0 bridgehead atoms. The Balaban J connectivity index is 1.79. The Morgan fingerprint density at radius 3 is 2.38 bits per heavy atom. The summed E-state index contributed by atoms with van der Waals surface area (Å²) in [6, 6.07) is 0. The van der Waals surface area contributed by atoms with Crippen LogP contribution in [0.25, 0.3) is 0 Å². The maximum Gasteiger partial charge on any atom is 0.0806 e. The molecule has 1 N–H and O–H groups in total. The monoisotopic (exact) mass is 225 g/mol. The fourth-order valence-electron chi connectivity index (χ4n) is 2.92. The van der Waals surface area contributed by atoms with Crippen molar-refractivity contribution in [1.29, 1.82) is 0 Å². The summed E-state index contributed by atoms with van der Waals surface area (Å²) in [7, 11) is 2.05. The molecule has 0 radical (unpaired) electrons. The second-order valence-electron chi connectivity index (χ2n) is 5.71. The molecule has 0 aromatic rings. The van der Waals surface area contributed by atoms with Gasteiger partial charge in [0.1, 0.15) is 0 Å². The molecule has 2 heteroatoms. The summed E-state index contributed by atoms with van der Waals surface area (Å²) >= 11 is 0. The van der Waals surface area contributed by atoms with Gasteiger partial charge in [0.2, 0.25) is 0 Å². The van der Waals surface area contributed by atoms with Crippen molar-refractivity contribution in [3.8, 4) is 0 Å². The molecule has 0 aromatic heterocycles. The van der Waals surface area contributed by atoms with Crippen molar-refractivity contribution in [2.45, 2.75) is 63.4 Å². The van der Waals surface area contributed by atoms with Gasteiger partial charge in [-0.3, -0.25) is 0 Å². The molecule has 0 atom stereocenters. The van der Waals surface area contributed by atoms with Gasteiger partial charge in [0.25, 0.3) is 0 Å². The van der Waals surface area contributed by atoms with Gasteiger partial charge in [0, 0.05) is 13.2 Å². The molecule has 94 valence electrons. The Morgan fingerprint density at radius 1 is 1.12 bits per heavy atom. The number of likely N-dealkylation sites (N-methyl/N-ethyl adjacent to an activating group) is 1. The van der Waals surface area contributed by atoms with Gasteiger partial charge in [-0.2, -0.15) is 0 Å². The van der Waals surface area contributed by atoms with Crippen molar-refractivity contribution in [3.05, 3.63) is 0 Å². The van der Waals surface area contributed by atoms with Crippen molar-refractivity contribution < 1.29 is 4.74 Å². The van der Waals surface area contributed by atoms with Crippen LogP contribution in [0.4, 0.5) is 0 Å². The first-order chi connectivity index (χ1) is 7.85. The Hall–Kier alpha value is -0.0800.